The molecule has 0 aliphatic carbocycles. The minimum atomic E-state index is 0.0194. The molecule has 5 nitrogen and oxygen atoms in total. The molecule has 0 unspecified atom stereocenters. The van der Waals surface area contributed by atoms with Crippen LogP contribution in [0.5, 0.6) is 0 Å². The normalized spacial score (nSPS) is 14.2. The summed E-state index contributed by atoms with van der Waals surface area (Å²) in [4.78, 5) is 23.9. The fourth-order valence-electron chi connectivity index (χ4n) is 3.16. The van der Waals surface area contributed by atoms with Gasteiger partial charge in [0.25, 0.3) is 5.91 Å². The van der Waals surface area contributed by atoms with Crippen LogP contribution >= 0.6 is 11.3 Å². The molecule has 1 saturated heterocycles. The van der Waals surface area contributed by atoms with Crippen molar-refractivity contribution in [1.82, 2.24) is 14.9 Å². The largest absolute Gasteiger partial charge is 0.350 e. The highest BCUT2D eigenvalue weighted by Crippen LogP contribution is 2.26. The van der Waals surface area contributed by atoms with E-state index >= 15 is 0 Å². The number of hydrogen-bond donors (Lipinski definition) is 1. The van der Waals surface area contributed by atoms with Crippen molar-refractivity contribution in [2.75, 3.05) is 18.4 Å². The molecule has 25 heavy (non-hydrogen) atoms. The zero-order chi connectivity index (χ0) is 17.2. The topological polar surface area (TPSA) is 58.1 Å². The highest BCUT2D eigenvalue weighted by molar-refractivity contribution is 7.17. The van der Waals surface area contributed by atoms with Crippen LogP contribution in [0.4, 0.5) is 5.95 Å². The third-order valence-corrected chi connectivity index (χ3v) is 5.34. The lowest BCUT2D eigenvalue weighted by Crippen LogP contribution is -2.28. The summed E-state index contributed by atoms with van der Waals surface area (Å²) in [6.45, 7) is 4.35. The van der Waals surface area contributed by atoms with Gasteiger partial charge in [0.2, 0.25) is 5.95 Å². The van der Waals surface area contributed by atoms with E-state index < -0.39 is 0 Å². The van der Waals surface area contributed by atoms with Crippen LogP contribution in [0.2, 0.25) is 0 Å². The van der Waals surface area contributed by atoms with Crippen LogP contribution in [-0.2, 0) is 6.54 Å². The number of carbonyl (C=O) groups is 1. The number of nitrogens with zero attached hydrogens (tertiary/aromatic N) is 3. The number of anilines is 1. The molecule has 0 bridgehead atoms. The van der Waals surface area contributed by atoms with E-state index in [2.05, 4.69) is 40.4 Å². The van der Waals surface area contributed by atoms with Gasteiger partial charge in [-0.2, -0.15) is 0 Å². The van der Waals surface area contributed by atoms with E-state index in [1.807, 2.05) is 22.4 Å². The highest BCUT2D eigenvalue weighted by Gasteiger charge is 2.24. The summed E-state index contributed by atoms with van der Waals surface area (Å²) in [5.74, 6) is 0.529. The fraction of sp³-hybridized carbons (Fsp3) is 0.316. The number of thiophene rings is 1. The summed E-state index contributed by atoms with van der Waals surface area (Å²) in [5.41, 5.74) is 3.74. The molecule has 1 N–H and O–H groups in total. The van der Waals surface area contributed by atoms with Crippen molar-refractivity contribution < 1.29 is 4.79 Å². The van der Waals surface area contributed by atoms with Crippen LogP contribution in [0.25, 0.3) is 10.2 Å². The average Bonchev–Trinajstić information content (AvgIpc) is 3.30. The number of amides is 1. The predicted octanol–water partition coefficient (Wildman–Crippen LogP) is 3.85. The maximum absolute atomic E-state index is 12.8. The van der Waals surface area contributed by atoms with E-state index in [0.29, 0.717) is 18.2 Å². The van der Waals surface area contributed by atoms with E-state index in [1.165, 1.54) is 22.5 Å². The van der Waals surface area contributed by atoms with Gasteiger partial charge in [-0.25, -0.2) is 9.97 Å². The Hall–Kier alpha value is -2.47. The highest BCUT2D eigenvalue weighted by atomic mass is 32.1. The smallest absolute Gasteiger partial charge is 0.274 e. The number of aromatic nitrogens is 2. The molecule has 2 aromatic heterocycles. The van der Waals surface area contributed by atoms with Crippen molar-refractivity contribution in [3.63, 3.8) is 0 Å². The summed E-state index contributed by atoms with van der Waals surface area (Å²) in [5, 5.41) is 5.23. The molecular weight excluding hydrogens is 332 g/mol. The number of likely N-dealkylation sites (tertiary alicyclic amines) is 1. The first-order valence-corrected chi connectivity index (χ1v) is 9.42. The molecule has 3 heterocycles. The summed E-state index contributed by atoms with van der Waals surface area (Å²) in [6, 6.07) is 10.3. The molecule has 3 aromatic rings. The number of benzene rings is 1. The van der Waals surface area contributed by atoms with Crippen molar-refractivity contribution in [2.24, 2.45) is 0 Å². The standard InChI is InChI=1S/C19H20N4OS/c1-13-5-4-6-14(11-13)12-20-19-21-15-7-10-25-17(15)16(22-19)18(24)23-8-2-3-9-23/h4-7,10-11H,2-3,8-9,12H2,1H3,(H,20,21,22). The Labute approximate surface area is 150 Å². The molecule has 1 aliphatic heterocycles. The zero-order valence-corrected chi connectivity index (χ0v) is 15.0. The molecule has 0 spiro atoms. The predicted molar refractivity (Wildman–Crippen MR) is 101 cm³/mol. The minimum Gasteiger partial charge on any atom is -0.350 e. The number of carbonyl (C=O) groups excluding carboxylic acids is 1. The Morgan fingerprint density at radius 2 is 2.08 bits per heavy atom. The summed E-state index contributed by atoms with van der Waals surface area (Å²) in [7, 11) is 0. The molecule has 1 aromatic carbocycles. The van der Waals surface area contributed by atoms with Crippen molar-refractivity contribution >= 4 is 33.4 Å². The molecule has 0 saturated carbocycles. The molecular formula is C19H20N4OS. The number of rotatable bonds is 4. The minimum absolute atomic E-state index is 0.0194. The fourth-order valence-corrected chi connectivity index (χ4v) is 3.97. The lowest BCUT2D eigenvalue weighted by atomic mass is 10.1. The maximum atomic E-state index is 12.8. The molecule has 1 fully saturated rings. The Morgan fingerprint density at radius 3 is 2.88 bits per heavy atom. The van der Waals surface area contributed by atoms with Gasteiger partial charge in [0.1, 0.15) is 0 Å². The quantitative estimate of drug-likeness (QED) is 0.775. The van der Waals surface area contributed by atoms with Crippen molar-refractivity contribution in [2.45, 2.75) is 26.3 Å². The number of hydrogen-bond acceptors (Lipinski definition) is 5. The van der Waals surface area contributed by atoms with Crippen LogP contribution in [0.1, 0.15) is 34.5 Å². The summed E-state index contributed by atoms with van der Waals surface area (Å²) in [6.07, 6.45) is 2.14. The Kier molecular flexibility index (Phi) is 4.36. The Balaban J connectivity index is 1.62. The third-order valence-electron chi connectivity index (χ3n) is 4.43. The molecule has 1 amide bonds. The van der Waals surface area contributed by atoms with E-state index in [4.69, 9.17) is 0 Å². The van der Waals surface area contributed by atoms with Gasteiger partial charge in [-0.15, -0.1) is 11.3 Å². The van der Waals surface area contributed by atoms with E-state index in [0.717, 1.165) is 36.1 Å². The first-order valence-electron chi connectivity index (χ1n) is 8.54. The second kappa shape index (κ2) is 6.80. The lowest BCUT2D eigenvalue weighted by Gasteiger charge is -2.15. The van der Waals surface area contributed by atoms with Gasteiger partial charge in [-0.05, 0) is 36.8 Å². The van der Waals surface area contributed by atoms with Crippen molar-refractivity contribution in [3.05, 3.63) is 52.5 Å². The van der Waals surface area contributed by atoms with Crippen LogP contribution in [0, 0.1) is 6.92 Å². The second-order valence-corrected chi connectivity index (χ2v) is 7.29. The molecule has 1 aliphatic rings. The van der Waals surface area contributed by atoms with Gasteiger partial charge in [0, 0.05) is 19.6 Å². The first-order chi connectivity index (χ1) is 12.2. The van der Waals surface area contributed by atoms with Gasteiger partial charge in [0.05, 0.1) is 10.2 Å². The van der Waals surface area contributed by atoms with Gasteiger partial charge >= 0.3 is 0 Å². The van der Waals surface area contributed by atoms with Crippen LogP contribution in [0.15, 0.2) is 35.7 Å². The van der Waals surface area contributed by atoms with Crippen molar-refractivity contribution in [1.29, 1.82) is 0 Å². The molecule has 6 heteroatoms. The first kappa shape index (κ1) is 16.0. The molecule has 128 valence electrons. The maximum Gasteiger partial charge on any atom is 0.274 e. The molecule has 0 radical (unpaired) electrons. The number of nitrogens with one attached hydrogen (secondary N) is 1. The lowest BCUT2D eigenvalue weighted by molar-refractivity contribution is 0.0789. The van der Waals surface area contributed by atoms with Crippen LogP contribution in [-0.4, -0.2) is 33.9 Å². The van der Waals surface area contributed by atoms with Gasteiger partial charge < -0.3 is 10.2 Å². The van der Waals surface area contributed by atoms with E-state index in [9.17, 15) is 4.79 Å². The van der Waals surface area contributed by atoms with Crippen molar-refractivity contribution in [3.8, 4) is 0 Å². The van der Waals surface area contributed by atoms with Gasteiger partial charge in [0.15, 0.2) is 5.69 Å². The van der Waals surface area contributed by atoms with Crippen LogP contribution < -0.4 is 5.32 Å². The van der Waals surface area contributed by atoms with Gasteiger partial charge in [-0.3, -0.25) is 4.79 Å². The van der Waals surface area contributed by atoms with Crippen LogP contribution in [0.3, 0.4) is 0 Å². The average molecular weight is 352 g/mol. The number of fused-ring (bicyclic) bond motifs is 1. The monoisotopic (exact) mass is 352 g/mol. The third kappa shape index (κ3) is 3.35. The Bertz CT molecular complexity index is 915. The molecule has 4 rings (SSSR count). The second-order valence-electron chi connectivity index (χ2n) is 6.37. The number of aryl methyl sites for hydroxylation is 1. The van der Waals surface area contributed by atoms with E-state index in [1.54, 1.807) is 0 Å². The van der Waals surface area contributed by atoms with Gasteiger partial charge in [-0.1, -0.05) is 29.8 Å². The summed E-state index contributed by atoms with van der Waals surface area (Å²) < 4.78 is 0.873. The summed E-state index contributed by atoms with van der Waals surface area (Å²) >= 11 is 1.53. The van der Waals surface area contributed by atoms with E-state index in [-0.39, 0.29) is 5.91 Å². The molecule has 0 atom stereocenters. The zero-order valence-electron chi connectivity index (χ0n) is 14.2. The SMILES string of the molecule is Cc1cccc(CNc2nc(C(=O)N3CCCC3)c3sccc3n2)c1. The Morgan fingerprint density at radius 1 is 1.24 bits per heavy atom.